The largest absolute Gasteiger partial charge is 0.477 e. The van der Waals surface area contributed by atoms with E-state index in [9.17, 15) is 14.4 Å². The van der Waals surface area contributed by atoms with Crippen molar-refractivity contribution in [1.82, 2.24) is 4.98 Å². The summed E-state index contributed by atoms with van der Waals surface area (Å²) in [6, 6.07) is 18.2. The Bertz CT molecular complexity index is 1090. The van der Waals surface area contributed by atoms with Gasteiger partial charge in [0.05, 0.1) is 5.69 Å². The molecule has 3 N–H and O–H groups in total. The summed E-state index contributed by atoms with van der Waals surface area (Å²) in [6.07, 6.45) is -0.760. The number of aromatic nitrogens is 1. The SMILES string of the molecule is O=C(Nc1cc(C(=O)O)[nH]c(=O)c1)OCC1c2ccccc2-c2ccccc21. The van der Waals surface area contributed by atoms with Crippen LogP contribution in [0.3, 0.4) is 0 Å². The monoisotopic (exact) mass is 376 g/mol. The average Bonchev–Trinajstić information content (AvgIpc) is 3.00. The quantitative estimate of drug-likeness (QED) is 0.646. The normalized spacial score (nSPS) is 12.1. The van der Waals surface area contributed by atoms with E-state index in [0.717, 1.165) is 34.4 Å². The molecule has 0 atom stereocenters. The molecule has 0 saturated carbocycles. The van der Waals surface area contributed by atoms with Crippen molar-refractivity contribution in [2.75, 3.05) is 11.9 Å². The molecule has 7 nitrogen and oxygen atoms in total. The summed E-state index contributed by atoms with van der Waals surface area (Å²) < 4.78 is 5.37. The number of rotatable bonds is 4. The van der Waals surface area contributed by atoms with Gasteiger partial charge in [0, 0.05) is 12.0 Å². The summed E-state index contributed by atoms with van der Waals surface area (Å²) in [5, 5.41) is 11.4. The Morgan fingerprint density at radius 2 is 1.61 bits per heavy atom. The number of hydrogen-bond acceptors (Lipinski definition) is 4. The number of anilines is 1. The van der Waals surface area contributed by atoms with E-state index in [-0.39, 0.29) is 23.9 Å². The number of carboxylic acids is 1. The van der Waals surface area contributed by atoms with Crippen LogP contribution in [-0.2, 0) is 4.74 Å². The fourth-order valence-corrected chi connectivity index (χ4v) is 3.48. The van der Waals surface area contributed by atoms with E-state index in [2.05, 4.69) is 10.3 Å². The number of carbonyl (C=O) groups excluding carboxylic acids is 1. The van der Waals surface area contributed by atoms with Gasteiger partial charge in [-0.25, -0.2) is 9.59 Å². The maximum Gasteiger partial charge on any atom is 0.411 e. The molecule has 1 heterocycles. The molecular weight excluding hydrogens is 360 g/mol. The van der Waals surface area contributed by atoms with Gasteiger partial charge in [0.2, 0.25) is 0 Å². The van der Waals surface area contributed by atoms with E-state index in [1.807, 2.05) is 48.5 Å². The van der Waals surface area contributed by atoms with Crippen LogP contribution >= 0.6 is 0 Å². The van der Waals surface area contributed by atoms with Crippen molar-refractivity contribution in [3.8, 4) is 11.1 Å². The number of ether oxygens (including phenoxy) is 1. The Morgan fingerprint density at radius 1 is 1.00 bits per heavy atom. The van der Waals surface area contributed by atoms with E-state index in [0.29, 0.717) is 0 Å². The van der Waals surface area contributed by atoms with Gasteiger partial charge >= 0.3 is 12.1 Å². The van der Waals surface area contributed by atoms with Gasteiger partial charge in [-0.05, 0) is 28.3 Å². The first-order valence-corrected chi connectivity index (χ1v) is 8.62. The Labute approximate surface area is 159 Å². The van der Waals surface area contributed by atoms with Gasteiger partial charge in [-0.15, -0.1) is 0 Å². The number of pyridine rings is 1. The summed E-state index contributed by atoms with van der Waals surface area (Å²) in [5.74, 6) is -1.39. The molecule has 1 amide bonds. The molecule has 0 radical (unpaired) electrons. The predicted molar refractivity (Wildman–Crippen MR) is 103 cm³/mol. The van der Waals surface area contributed by atoms with Crippen LogP contribution in [0.5, 0.6) is 0 Å². The lowest BCUT2D eigenvalue weighted by Gasteiger charge is -2.14. The molecule has 2 aromatic carbocycles. The van der Waals surface area contributed by atoms with Gasteiger partial charge in [-0.1, -0.05) is 48.5 Å². The summed E-state index contributed by atoms with van der Waals surface area (Å²) in [5.41, 5.74) is 3.51. The number of H-pyrrole nitrogens is 1. The highest BCUT2D eigenvalue weighted by Gasteiger charge is 2.29. The summed E-state index contributed by atoms with van der Waals surface area (Å²) in [6.45, 7) is 0.120. The second-order valence-electron chi connectivity index (χ2n) is 6.40. The zero-order chi connectivity index (χ0) is 19.7. The van der Waals surface area contributed by atoms with Crippen molar-refractivity contribution < 1.29 is 19.4 Å². The van der Waals surface area contributed by atoms with Crippen LogP contribution in [0.4, 0.5) is 10.5 Å². The zero-order valence-corrected chi connectivity index (χ0v) is 14.6. The van der Waals surface area contributed by atoms with Gasteiger partial charge in [0.15, 0.2) is 0 Å². The van der Waals surface area contributed by atoms with Crippen LogP contribution in [0.2, 0.25) is 0 Å². The molecule has 0 fully saturated rings. The Kier molecular flexibility index (Phi) is 4.41. The lowest BCUT2D eigenvalue weighted by molar-refractivity contribution is 0.0690. The third-order valence-corrected chi connectivity index (χ3v) is 4.66. The second-order valence-corrected chi connectivity index (χ2v) is 6.40. The second kappa shape index (κ2) is 7.03. The molecule has 0 bridgehead atoms. The number of aromatic amines is 1. The first kappa shape index (κ1) is 17.5. The van der Waals surface area contributed by atoms with Crippen molar-refractivity contribution in [2.45, 2.75) is 5.92 Å². The molecule has 28 heavy (non-hydrogen) atoms. The molecular formula is C21H16N2O5. The van der Waals surface area contributed by atoms with Crippen LogP contribution in [-0.4, -0.2) is 28.8 Å². The predicted octanol–water partition coefficient (Wildman–Crippen LogP) is 3.43. The van der Waals surface area contributed by atoms with E-state index in [1.54, 1.807) is 0 Å². The van der Waals surface area contributed by atoms with Crippen LogP contribution in [0.15, 0.2) is 65.5 Å². The first-order valence-electron chi connectivity index (χ1n) is 8.62. The number of carbonyl (C=O) groups is 2. The molecule has 0 unspecified atom stereocenters. The molecule has 0 spiro atoms. The van der Waals surface area contributed by atoms with Gasteiger partial charge in [0.25, 0.3) is 5.56 Å². The van der Waals surface area contributed by atoms with E-state index in [4.69, 9.17) is 9.84 Å². The first-order chi connectivity index (χ1) is 13.5. The summed E-state index contributed by atoms with van der Waals surface area (Å²) >= 11 is 0. The molecule has 3 aromatic rings. The number of hydrogen-bond donors (Lipinski definition) is 3. The lowest BCUT2D eigenvalue weighted by Crippen LogP contribution is -2.20. The van der Waals surface area contributed by atoms with Crippen LogP contribution in [0.1, 0.15) is 27.5 Å². The number of nitrogens with one attached hydrogen (secondary N) is 2. The smallest absolute Gasteiger partial charge is 0.411 e. The lowest BCUT2D eigenvalue weighted by atomic mass is 9.98. The average molecular weight is 376 g/mol. The summed E-state index contributed by atoms with van der Waals surface area (Å²) in [7, 11) is 0. The Morgan fingerprint density at radius 3 is 2.21 bits per heavy atom. The molecule has 0 saturated heterocycles. The number of carboxylic acid groups (broad SMARTS) is 1. The maximum atomic E-state index is 12.2. The van der Waals surface area contributed by atoms with Crippen LogP contribution in [0, 0.1) is 0 Å². The van der Waals surface area contributed by atoms with E-state index >= 15 is 0 Å². The highest BCUT2D eigenvalue weighted by atomic mass is 16.5. The van der Waals surface area contributed by atoms with Gasteiger partial charge < -0.3 is 14.8 Å². The number of fused-ring (bicyclic) bond motifs is 3. The minimum absolute atomic E-state index is 0.0540. The van der Waals surface area contributed by atoms with Crippen molar-refractivity contribution in [3.63, 3.8) is 0 Å². The standard InChI is InChI=1S/C21H16N2O5/c24-19-10-12(9-18(23-19)20(25)26)22-21(27)28-11-17-15-7-3-1-5-13(15)14-6-2-4-8-16(14)17/h1-10,17H,11H2,(H,25,26)(H2,22,23,24,27). The van der Waals surface area contributed by atoms with Crippen molar-refractivity contribution in [2.24, 2.45) is 0 Å². The van der Waals surface area contributed by atoms with Crippen molar-refractivity contribution >= 4 is 17.7 Å². The van der Waals surface area contributed by atoms with Crippen molar-refractivity contribution in [3.05, 3.63) is 87.8 Å². The van der Waals surface area contributed by atoms with E-state index < -0.39 is 17.6 Å². The Balaban J connectivity index is 1.50. The number of aromatic carboxylic acids is 1. The highest BCUT2D eigenvalue weighted by molar-refractivity contribution is 5.89. The molecule has 1 aromatic heterocycles. The maximum absolute atomic E-state index is 12.2. The van der Waals surface area contributed by atoms with Gasteiger partial charge in [-0.3, -0.25) is 10.1 Å². The van der Waals surface area contributed by atoms with Crippen LogP contribution in [0.25, 0.3) is 11.1 Å². The molecule has 7 heteroatoms. The molecule has 4 rings (SSSR count). The zero-order valence-electron chi connectivity index (χ0n) is 14.6. The highest BCUT2D eigenvalue weighted by Crippen LogP contribution is 2.44. The number of amides is 1. The van der Waals surface area contributed by atoms with Crippen molar-refractivity contribution in [1.29, 1.82) is 0 Å². The summed E-state index contributed by atoms with van der Waals surface area (Å²) in [4.78, 5) is 36.9. The van der Waals surface area contributed by atoms with Gasteiger partial charge in [0.1, 0.15) is 12.3 Å². The fourth-order valence-electron chi connectivity index (χ4n) is 3.48. The third kappa shape index (κ3) is 3.25. The van der Waals surface area contributed by atoms with E-state index in [1.165, 1.54) is 0 Å². The molecule has 140 valence electrons. The number of benzene rings is 2. The minimum atomic E-state index is -1.30. The molecule has 0 aliphatic heterocycles. The third-order valence-electron chi connectivity index (χ3n) is 4.66. The van der Waals surface area contributed by atoms with Crippen LogP contribution < -0.4 is 10.9 Å². The topological polar surface area (TPSA) is 108 Å². The Hall–Kier alpha value is -3.87. The fraction of sp³-hybridized carbons (Fsp3) is 0.0952. The van der Waals surface area contributed by atoms with Gasteiger partial charge in [-0.2, -0.15) is 0 Å². The minimum Gasteiger partial charge on any atom is -0.477 e. The molecule has 1 aliphatic rings. The molecule has 1 aliphatic carbocycles.